The molecule has 3 nitrogen and oxygen atoms in total. The number of carbonyl (C=O) groups is 1. The van der Waals surface area contributed by atoms with E-state index in [-0.39, 0.29) is 11.3 Å². The second-order valence-corrected chi connectivity index (χ2v) is 5.50. The zero-order valence-corrected chi connectivity index (χ0v) is 12.3. The third kappa shape index (κ3) is 3.64. The molecule has 1 atom stereocenters. The first-order chi connectivity index (χ1) is 9.61. The number of halogens is 1. The van der Waals surface area contributed by atoms with E-state index in [0.29, 0.717) is 12.5 Å². The molecule has 0 radical (unpaired) electrons. The Morgan fingerprint density at radius 2 is 2.10 bits per heavy atom. The van der Waals surface area contributed by atoms with Crippen molar-refractivity contribution in [1.29, 1.82) is 0 Å². The molecule has 1 unspecified atom stereocenters. The highest BCUT2D eigenvalue weighted by Gasteiger charge is 2.23. The van der Waals surface area contributed by atoms with Gasteiger partial charge in [0.05, 0.1) is 5.56 Å². The first-order valence-corrected chi connectivity index (χ1v) is 7.32. The number of piperazine rings is 1. The minimum atomic E-state index is -0.415. The van der Waals surface area contributed by atoms with Crippen molar-refractivity contribution < 1.29 is 9.18 Å². The number of rotatable bonds is 5. The first kappa shape index (κ1) is 15.1. The van der Waals surface area contributed by atoms with Crippen LogP contribution in [0.2, 0.25) is 0 Å². The van der Waals surface area contributed by atoms with Crippen LogP contribution in [0.3, 0.4) is 0 Å². The van der Waals surface area contributed by atoms with Gasteiger partial charge in [0.25, 0.3) is 0 Å². The molecule has 0 aliphatic carbocycles. The normalized spacial score (nSPS) is 21.1. The van der Waals surface area contributed by atoms with Crippen LogP contribution in [0.5, 0.6) is 0 Å². The van der Waals surface area contributed by atoms with Crippen LogP contribution in [0.15, 0.2) is 24.3 Å². The zero-order chi connectivity index (χ0) is 14.5. The van der Waals surface area contributed by atoms with Crippen LogP contribution in [0.4, 0.5) is 4.39 Å². The smallest absolute Gasteiger partial charge is 0.167 e. The number of hydrogen-bond donors (Lipinski definition) is 0. The summed E-state index contributed by atoms with van der Waals surface area (Å²) in [7, 11) is 2.15. The standard InChI is InChI=1S/C16H23FN2O/c1-3-13-12-19(11-10-18(13)2)9-8-16(20)14-6-4-5-7-15(14)17/h4-7,13H,3,8-12H2,1-2H3. The molecule has 20 heavy (non-hydrogen) atoms. The lowest BCUT2D eigenvalue weighted by Crippen LogP contribution is -2.51. The largest absolute Gasteiger partial charge is 0.301 e. The average Bonchev–Trinajstić information content (AvgIpc) is 2.46. The van der Waals surface area contributed by atoms with Crippen molar-refractivity contribution >= 4 is 5.78 Å². The molecule has 0 saturated carbocycles. The van der Waals surface area contributed by atoms with E-state index in [9.17, 15) is 9.18 Å². The van der Waals surface area contributed by atoms with E-state index in [2.05, 4.69) is 23.8 Å². The van der Waals surface area contributed by atoms with Crippen molar-refractivity contribution in [3.63, 3.8) is 0 Å². The molecule has 1 saturated heterocycles. The molecule has 110 valence electrons. The number of benzene rings is 1. The van der Waals surface area contributed by atoms with Gasteiger partial charge in [0.1, 0.15) is 5.82 Å². The summed E-state index contributed by atoms with van der Waals surface area (Å²) in [6.45, 7) is 5.92. The van der Waals surface area contributed by atoms with Gasteiger partial charge in [-0.2, -0.15) is 0 Å². The van der Waals surface area contributed by atoms with E-state index in [1.54, 1.807) is 18.2 Å². The number of carbonyl (C=O) groups excluding carboxylic acids is 1. The van der Waals surface area contributed by atoms with Gasteiger partial charge in [-0.05, 0) is 25.6 Å². The highest BCUT2D eigenvalue weighted by Crippen LogP contribution is 2.13. The van der Waals surface area contributed by atoms with Gasteiger partial charge in [0.2, 0.25) is 0 Å². The second kappa shape index (κ2) is 6.95. The fraction of sp³-hybridized carbons (Fsp3) is 0.562. The number of likely N-dealkylation sites (N-methyl/N-ethyl adjacent to an activating group) is 1. The summed E-state index contributed by atoms with van der Waals surface area (Å²) in [5.41, 5.74) is 0.216. The van der Waals surface area contributed by atoms with Crippen LogP contribution in [0, 0.1) is 5.82 Å². The van der Waals surface area contributed by atoms with Gasteiger partial charge in [-0.25, -0.2) is 4.39 Å². The van der Waals surface area contributed by atoms with E-state index in [1.807, 2.05) is 0 Å². The molecule has 0 amide bonds. The summed E-state index contributed by atoms with van der Waals surface area (Å²) in [5, 5.41) is 0. The lowest BCUT2D eigenvalue weighted by Gasteiger charge is -2.39. The monoisotopic (exact) mass is 278 g/mol. The maximum Gasteiger partial charge on any atom is 0.167 e. The van der Waals surface area contributed by atoms with Crippen LogP contribution >= 0.6 is 0 Å². The van der Waals surface area contributed by atoms with Crippen molar-refractivity contribution in [2.45, 2.75) is 25.8 Å². The molecular formula is C16H23FN2O. The molecule has 1 aliphatic rings. The van der Waals surface area contributed by atoms with Crippen molar-refractivity contribution in [2.75, 3.05) is 33.2 Å². The SMILES string of the molecule is CCC1CN(CCC(=O)c2ccccc2F)CCN1C. The average molecular weight is 278 g/mol. The summed E-state index contributed by atoms with van der Waals surface area (Å²) >= 11 is 0. The van der Waals surface area contributed by atoms with Crippen molar-refractivity contribution in [1.82, 2.24) is 9.80 Å². The topological polar surface area (TPSA) is 23.6 Å². The number of nitrogens with zero attached hydrogens (tertiary/aromatic N) is 2. The van der Waals surface area contributed by atoms with Gasteiger partial charge >= 0.3 is 0 Å². The Balaban J connectivity index is 1.86. The van der Waals surface area contributed by atoms with E-state index in [0.717, 1.165) is 32.6 Å². The molecule has 4 heteroatoms. The van der Waals surface area contributed by atoms with Crippen molar-refractivity contribution in [2.24, 2.45) is 0 Å². The van der Waals surface area contributed by atoms with Gasteiger partial charge in [0, 0.05) is 38.6 Å². The van der Waals surface area contributed by atoms with Crippen LogP contribution in [0.25, 0.3) is 0 Å². The van der Waals surface area contributed by atoms with Crippen LogP contribution in [-0.2, 0) is 0 Å². The van der Waals surface area contributed by atoms with Gasteiger partial charge in [-0.15, -0.1) is 0 Å². The Morgan fingerprint density at radius 3 is 2.80 bits per heavy atom. The summed E-state index contributed by atoms with van der Waals surface area (Å²) < 4.78 is 13.5. The lowest BCUT2D eigenvalue weighted by atomic mass is 10.1. The first-order valence-electron chi connectivity index (χ1n) is 7.32. The molecule has 1 aromatic rings. The fourth-order valence-electron chi connectivity index (χ4n) is 2.74. The summed E-state index contributed by atoms with van der Waals surface area (Å²) in [4.78, 5) is 16.7. The molecule has 0 N–H and O–H groups in total. The Morgan fingerprint density at radius 1 is 1.35 bits per heavy atom. The molecule has 0 aromatic heterocycles. The van der Waals surface area contributed by atoms with Gasteiger partial charge in [-0.3, -0.25) is 4.79 Å². The minimum absolute atomic E-state index is 0.102. The Hall–Kier alpha value is -1.26. The Labute approximate surface area is 120 Å². The Bertz CT molecular complexity index is 464. The van der Waals surface area contributed by atoms with Gasteiger partial charge in [-0.1, -0.05) is 19.1 Å². The van der Waals surface area contributed by atoms with Gasteiger partial charge < -0.3 is 9.80 Å². The third-order valence-corrected chi connectivity index (χ3v) is 4.16. The lowest BCUT2D eigenvalue weighted by molar-refractivity contribution is 0.0822. The summed E-state index contributed by atoms with van der Waals surface area (Å²) in [5.74, 6) is -0.516. The van der Waals surface area contributed by atoms with Crippen molar-refractivity contribution in [3.05, 3.63) is 35.6 Å². The Kier molecular flexibility index (Phi) is 5.26. The van der Waals surface area contributed by atoms with E-state index in [1.165, 1.54) is 6.07 Å². The molecular weight excluding hydrogens is 255 g/mol. The van der Waals surface area contributed by atoms with E-state index >= 15 is 0 Å². The molecule has 0 spiro atoms. The second-order valence-electron chi connectivity index (χ2n) is 5.50. The van der Waals surface area contributed by atoms with Crippen LogP contribution < -0.4 is 0 Å². The van der Waals surface area contributed by atoms with Crippen molar-refractivity contribution in [3.8, 4) is 0 Å². The highest BCUT2D eigenvalue weighted by atomic mass is 19.1. The summed E-state index contributed by atoms with van der Waals surface area (Å²) in [6.07, 6.45) is 1.51. The molecule has 1 aromatic carbocycles. The quantitative estimate of drug-likeness (QED) is 0.773. The van der Waals surface area contributed by atoms with E-state index in [4.69, 9.17) is 0 Å². The van der Waals surface area contributed by atoms with Gasteiger partial charge in [0.15, 0.2) is 5.78 Å². The summed E-state index contributed by atoms with van der Waals surface area (Å²) in [6, 6.07) is 6.79. The number of ketones is 1. The molecule has 1 heterocycles. The number of hydrogen-bond acceptors (Lipinski definition) is 3. The maximum atomic E-state index is 13.5. The van der Waals surface area contributed by atoms with Crippen LogP contribution in [-0.4, -0.2) is 54.9 Å². The number of Topliss-reactive ketones (excluding diaryl/α,β-unsaturated/α-hetero) is 1. The van der Waals surface area contributed by atoms with Crippen LogP contribution in [0.1, 0.15) is 30.1 Å². The molecule has 2 rings (SSSR count). The minimum Gasteiger partial charge on any atom is -0.301 e. The van der Waals surface area contributed by atoms with E-state index < -0.39 is 5.82 Å². The molecule has 1 aliphatic heterocycles. The molecule has 0 bridgehead atoms. The third-order valence-electron chi connectivity index (χ3n) is 4.16. The predicted molar refractivity (Wildman–Crippen MR) is 78.5 cm³/mol. The highest BCUT2D eigenvalue weighted by molar-refractivity contribution is 5.96. The fourth-order valence-corrected chi connectivity index (χ4v) is 2.74. The maximum absolute atomic E-state index is 13.5. The molecule has 1 fully saturated rings. The predicted octanol–water partition coefficient (Wildman–Crippen LogP) is 2.42. The zero-order valence-electron chi connectivity index (χ0n) is 12.3.